The zero-order valence-corrected chi connectivity index (χ0v) is 26.9. The van der Waals surface area contributed by atoms with Gasteiger partial charge in [-0.15, -0.1) is 0 Å². The van der Waals surface area contributed by atoms with Crippen molar-refractivity contribution >= 4 is 18.1 Å². The second-order valence-electron chi connectivity index (χ2n) is 11.9. The molecule has 0 saturated heterocycles. The third kappa shape index (κ3) is 9.13. The minimum absolute atomic E-state index is 0.0181. The summed E-state index contributed by atoms with van der Waals surface area (Å²) in [6.45, 7) is 11.0. The van der Waals surface area contributed by atoms with Crippen molar-refractivity contribution in [3.63, 3.8) is 0 Å². The van der Waals surface area contributed by atoms with E-state index >= 15 is 0 Å². The van der Waals surface area contributed by atoms with Gasteiger partial charge in [0.05, 0.1) is 40.2 Å². The summed E-state index contributed by atoms with van der Waals surface area (Å²) in [7, 11) is 5.84. The minimum atomic E-state index is -0.653. The number of amides is 1. The van der Waals surface area contributed by atoms with Crippen LogP contribution in [0.4, 0.5) is 0 Å². The highest BCUT2D eigenvalue weighted by molar-refractivity contribution is 5.93. The van der Waals surface area contributed by atoms with Gasteiger partial charge in [-0.05, 0) is 70.8 Å². The first kappa shape index (κ1) is 33.8. The summed E-state index contributed by atoms with van der Waals surface area (Å²) in [4.78, 5) is 25.2. The van der Waals surface area contributed by atoms with E-state index in [1.165, 1.54) is 52.3 Å². The molecule has 10 heteroatoms. The lowest BCUT2D eigenvalue weighted by Crippen LogP contribution is -2.25. The number of hydrogen-bond donors (Lipinski definition) is 1. The molecule has 0 saturated carbocycles. The summed E-state index contributed by atoms with van der Waals surface area (Å²) in [5, 5.41) is 3.99. The van der Waals surface area contributed by atoms with Crippen molar-refractivity contribution in [3.05, 3.63) is 71.3 Å². The van der Waals surface area contributed by atoms with E-state index in [2.05, 4.69) is 45.1 Å². The lowest BCUT2D eigenvalue weighted by atomic mass is 9.72. The van der Waals surface area contributed by atoms with Gasteiger partial charge in [0.15, 0.2) is 29.6 Å². The molecule has 0 fully saturated rings. The normalized spacial score (nSPS) is 11.6. The molecule has 1 N–H and O–H groups in total. The lowest BCUT2D eigenvalue weighted by molar-refractivity contribution is -0.123. The molecule has 0 aliphatic rings. The summed E-state index contributed by atoms with van der Waals surface area (Å²) in [6.07, 6.45) is 2.48. The number of esters is 1. The number of nitrogens with zero attached hydrogens (tertiary/aromatic N) is 1. The Morgan fingerprint density at radius 3 is 1.93 bits per heavy atom. The maximum absolute atomic E-state index is 12.9. The van der Waals surface area contributed by atoms with Crippen molar-refractivity contribution in [2.45, 2.75) is 46.5 Å². The molecular formula is C34H42N2O8. The molecule has 0 unspecified atom stereocenters. The Morgan fingerprint density at radius 1 is 0.773 bits per heavy atom. The monoisotopic (exact) mass is 606 g/mol. The summed E-state index contributed by atoms with van der Waals surface area (Å²) in [5.41, 5.74) is 4.68. The Bertz CT molecular complexity index is 1450. The van der Waals surface area contributed by atoms with E-state index in [0.717, 1.165) is 6.42 Å². The first-order valence-corrected chi connectivity index (χ1v) is 14.1. The quantitative estimate of drug-likeness (QED) is 0.106. The van der Waals surface area contributed by atoms with Crippen LogP contribution in [0.3, 0.4) is 0 Å². The Labute approximate surface area is 259 Å². The van der Waals surface area contributed by atoms with Crippen LogP contribution in [-0.4, -0.2) is 53.1 Å². The molecule has 0 aliphatic heterocycles. The van der Waals surface area contributed by atoms with E-state index in [9.17, 15) is 9.59 Å². The van der Waals surface area contributed by atoms with Crippen molar-refractivity contribution in [1.29, 1.82) is 0 Å². The van der Waals surface area contributed by atoms with Crippen LogP contribution in [0.1, 0.15) is 62.5 Å². The van der Waals surface area contributed by atoms with E-state index in [1.54, 1.807) is 18.2 Å². The van der Waals surface area contributed by atoms with E-state index < -0.39 is 11.9 Å². The number of rotatable bonds is 13. The zero-order chi connectivity index (χ0) is 32.5. The predicted molar refractivity (Wildman–Crippen MR) is 169 cm³/mol. The number of carbonyl (C=O) groups excluding carboxylic acids is 2. The number of carbonyl (C=O) groups is 2. The summed E-state index contributed by atoms with van der Waals surface area (Å²) in [6, 6.07) is 15.7. The second kappa shape index (κ2) is 14.6. The molecular weight excluding hydrogens is 564 g/mol. The van der Waals surface area contributed by atoms with E-state index in [0.29, 0.717) is 34.3 Å². The predicted octanol–water partition coefficient (Wildman–Crippen LogP) is 6.18. The van der Waals surface area contributed by atoms with Gasteiger partial charge in [-0.3, -0.25) is 4.79 Å². The molecule has 0 heterocycles. The van der Waals surface area contributed by atoms with Gasteiger partial charge >= 0.3 is 5.97 Å². The molecule has 236 valence electrons. The fraction of sp³-hybridized carbons (Fsp3) is 0.382. The summed E-state index contributed by atoms with van der Waals surface area (Å²) >= 11 is 0. The molecule has 1 amide bonds. The van der Waals surface area contributed by atoms with E-state index in [-0.39, 0.29) is 28.7 Å². The lowest BCUT2D eigenvalue weighted by Gasteiger charge is -2.33. The van der Waals surface area contributed by atoms with E-state index in [1.807, 2.05) is 24.3 Å². The fourth-order valence-electron chi connectivity index (χ4n) is 5.00. The Hall–Kier alpha value is -4.73. The van der Waals surface area contributed by atoms with Gasteiger partial charge in [-0.2, -0.15) is 5.10 Å². The molecule has 0 atom stereocenters. The fourth-order valence-corrected chi connectivity index (χ4v) is 5.00. The van der Waals surface area contributed by atoms with Gasteiger partial charge in [-0.25, -0.2) is 10.2 Å². The summed E-state index contributed by atoms with van der Waals surface area (Å²) < 4.78 is 32.5. The first-order chi connectivity index (χ1) is 20.8. The Balaban J connectivity index is 1.58. The summed E-state index contributed by atoms with van der Waals surface area (Å²) in [5.74, 6) is 1.00. The Morgan fingerprint density at radius 2 is 1.39 bits per heavy atom. The van der Waals surface area contributed by atoms with Gasteiger partial charge in [0, 0.05) is 0 Å². The number of hydrogen-bond acceptors (Lipinski definition) is 9. The minimum Gasteiger partial charge on any atom is -0.493 e. The first-order valence-electron chi connectivity index (χ1n) is 14.1. The molecule has 3 rings (SSSR count). The maximum atomic E-state index is 12.9. The molecule has 0 aromatic heterocycles. The number of nitrogens with one attached hydrogen (secondary N) is 1. The SMILES string of the molecule is COc1cc(/C=N\NC(=O)COc2ccc(C(C)(C)CC(C)(C)C)cc2)ccc1OC(=O)c1cc(OC)c(OC)c(OC)c1. The van der Waals surface area contributed by atoms with Crippen molar-refractivity contribution in [3.8, 4) is 34.5 Å². The average molecular weight is 607 g/mol. The Kier molecular flexibility index (Phi) is 11.2. The van der Waals surface area contributed by atoms with Crippen LogP contribution in [0.2, 0.25) is 0 Å². The van der Waals surface area contributed by atoms with Crippen LogP contribution in [0.25, 0.3) is 0 Å². The smallest absolute Gasteiger partial charge is 0.343 e. The highest BCUT2D eigenvalue weighted by Gasteiger charge is 2.27. The van der Waals surface area contributed by atoms with Crippen LogP contribution in [0.15, 0.2) is 59.7 Å². The maximum Gasteiger partial charge on any atom is 0.343 e. The molecule has 0 aliphatic carbocycles. The van der Waals surface area contributed by atoms with Crippen LogP contribution >= 0.6 is 0 Å². The third-order valence-electron chi connectivity index (χ3n) is 6.67. The molecule has 10 nitrogen and oxygen atoms in total. The van der Waals surface area contributed by atoms with Gasteiger partial charge in [0.25, 0.3) is 5.91 Å². The number of methoxy groups -OCH3 is 4. The highest BCUT2D eigenvalue weighted by Crippen LogP contribution is 2.39. The zero-order valence-electron chi connectivity index (χ0n) is 26.9. The number of hydrazone groups is 1. The van der Waals surface area contributed by atoms with Gasteiger partial charge in [0.1, 0.15) is 5.75 Å². The van der Waals surface area contributed by atoms with E-state index in [4.69, 9.17) is 28.4 Å². The third-order valence-corrected chi connectivity index (χ3v) is 6.67. The van der Waals surface area contributed by atoms with Crippen molar-refractivity contribution in [2.75, 3.05) is 35.0 Å². The van der Waals surface area contributed by atoms with Crippen molar-refractivity contribution < 1.29 is 38.0 Å². The van der Waals surface area contributed by atoms with Crippen molar-refractivity contribution in [2.24, 2.45) is 10.5 Å². The van der Waals surface area contributed by atoms with Crippen molar-refractivity contribution in [1.82, 2.24) is 5.43 Å². The molecule has 3 aromatic rings. The van der Waals surface area contributed by atoms with Gasteiger partial charge in [-0.1, -0.05) is 46.8 Å². The molecule has 44 heavy (non-hydrogen) atoms. The largest absolute Gasteiger partial charge is 0.493 e. The molecule has 0 spiro atoms. The number of benzene rings is 3. The van der Waals surface area contributed by atoms with Crippen LogP contribution in [0, 0.1) is 5.41 Å². The second-order valence-corrected chi connectivity index (χ2v) is 11.9. The molecule has 0 bridgehead atoms. The number of ether oxygens (including phenoxy) is 6. The standard InChI is InChI=1S/C34H42N2O8/c1-33(2,3)21-34(4,5)24-11-13-25(14-12-24)43-20-30(37)36-35-19-22-10-15-26(27(16-22)39-6)44-32(38)23-17-28(40-7)31(42-9)29(18-23)41-8/h10-19H,20-21H2,1-9H3,(H,36,37)/b35-19-. The van der Waals surface area contributed by atoms with Crippen LogP contribution in [0.5, 0.6) is 34.5 Å². The highest BCUT2D eigenvalue weighted by atomic mass is 16.6. The molecule has 3 aromatic carbocycles. The topological polar surface area (TPSA) is 114 Å². The van der Waals surface area contributed by atoms with Gasteiger partial charge < -0.3 is 28.4 Å². The van der Waals surface area contributed by atoms with Gasteiger partial charge in [0.2, 0.25) is 5.75 Å². The average Bonchev–Trinajstić information content (AvgIpc) is 2.98. The molecule has 0 radical (unpaired) electrons. The van der Waals surface area contributed by atoms with Crippen LogP contribution < -0.4 is 33.8 Å². The van der Waals surface area contributed by atoms with Crippen LogP contribution in [-0.2, 0) is 10.2 Å².